The van der Waals surface area contributed by atoms with E-state index in [0.29, 0.717) is 18.7 Å². The van der Waals surface area contributed by atoms with Crippen molar-refractivity contribution < 1.29 is 8.42 Å². The van der Waals surface area contributed by atoms with Crippen molar-refractivity contribution in [2.75, 3.05) is 13.6 Å². The minimum Gasteiger partial charge on any atom is -0.316 e. The van der Waals surface area contributed by atoms with Gasteiger partial charge in [-0.05, 0) is 25.6 Å². The summed E-state index contributed by atoms with van der Waals surface area (Å²) >= 11 is 0. The largest absolute Gasteiger partial charge is 0.316 e. The summed E-state index contributed by atoms with van der Waals surface area (Å²) in [7, 11) is -1.76. The fourth-order valence-corrected chi connectivity index (χ4v) is 3.16. The van der Waals surface area contributed by atoms with E-state index in [2.05, 4.69) is 20.1 Å². The molecule has 0 saturated carbocycles. The second-order valence-corrected chi connectivity index (χ2v) is 6.48. The van der Waals surface area contributed by atoms with Crippen LogP contribution in [0.25, 0.3) is 0 Å². The molecule has 22 heavy (non-hydrogen) atoms. The number of benzene rings is 1. The van der Waals surface area contributed by atoms with Crippen molar-refractivity contribution in [3.8, 4) is 0 Å². The van der Waals surface area contributed by atoms with Crippen molar-refractivity contribution in [3.63, 3.8) is 0 Å². The molecule has 122 valence electrons. The Morgan fingerprint density at radius 1 is 1.32 bits per heavy atom. The number of sulfonamides is 1. The van der Waals surface area contributed by atoms with E-state index in [4.69, 9.17) is 0 Å². The second-order valence-electron chi connectivity index (χ2n) is 4.74. The lowest BCUT2D eigenvalue weighted by atomic mass is 10.2. The molecule has 1 unspecified atom stereocenters. The third kappa shape index (κ3) is 4.77. The van der Waals surface area contributed by atoms with E-state index in [-0.39, 0.29) is 23.3 Å². The molecule has 0 fully saturated rings. The van der Waals surface area contributed by atoms with E-state index in [0.717, 1.165) is 0 Å². The van der Waals surface area contributed by atoms with Gasteiger partial charge in [-0.2, -0.15) is 5.10 Å². The SMILES string of the molecule is CNC(C)CNS(=O)(=O)c1ccccc1Cn1cncn1.Cl. The molecule has 1 heterocycles. The van der Waals surface area contributed by atoms with Crippen molar-refractivity contribution in [1.82, 2.24) is 24.8 Å². The Morgan fingerprint density at radius 2 is 2.05 bits per heavy atom. The summed E-state index contributed by atoms with van der Waals surface area (Å²) in [6.07, 6.45) is 2.98. The summed E-state index contributed by atoms with van der Waals surface area (Å²) in [5.41, 5.74) is 0.674. The maximum absolute atomic E-state index is 12.4. The Kier molecular flexibility index (Phi) is 6.95. The van der Waals surface area contributed by atoms with Crippen molar-refractivity contribution in [1.29, 1.82) is 0 Å². The standard InChI is InChI=1S/C13H19N5O2S.ClH/c1-11(14-2)7-17-21(19,20)13-6-4-3-5-12(13)8-18-10-15-9-16-18;/h3-6,9-11,14,17H,7-8H2,1-2H3;1H. The molecule has 1 aromatic carbocycles. The Hall–Kier alpha value is -1.48. The van der Waals surface area contributed by atoms with E-state index in [1.807, 2.05) is 13.0 Å². The molecule has 2 rings (SSSR count). The molecule has 0 aliphatic rings. The van der Waals surface area contributed by atoms with Crippen LogP contribution in [0.1, 0.15) is 12.5 Å². The number of rotatable bonds is 7. The van der Waals surface area contributed by atoms with Gasteiger partial charge in [-0.25, -0.2) is 22.8 Å². The van der Waals surface area contributed by atoms with Gasteiger partial charge >= 0.3 is 0 Å². The first-order valence-corrected chi connectivity index (χ1v) is 8.08. The van der Waals surface area contributed by atoms with Crippen LogP contribution in [0, 0.1) is 0 Å². The highest BCUT2D eigenvalue weighted by molar-refractivity contribution is 7.89. The summed E-state index contributed by atoms with van der Waals surface area (Å²) in [6.45, 7) is 2.60. The fourth-order valence-electron chi connectivity index (χ4n) is 1.80. The molecule has 0 radical (unpaired) electrons. The van der Waals surface area contributed by atoms with Crippen molar-refractivity contribution in [2.24, 2.45) is 0 Å². The number of hydrogen-bond acceptors (Lipinski definition) is 5. The maximum Gasteiger partial charge on any atom is 0.240 e. The van der Waals surface area contributed by atoms with E-state index in [1.165, 1.54) is 6.33 Å². The molecule has 0 amide bonds. The molecule has 1 aromatic heterocycles. The smallest absolute Gasteiger partial charge is 0.240 e. The summed E-state index contributed by atoms with van der Waals surface area (Å²) in [4.78, 5) is 4.13. The van der Waals surface area contributed by atoms with Gasteiger partial charge in [0.25, 0.3) is 0 Å². The quantitative estimate of drug-likeness (QED) is 0.768. The third-order valence-corrected chi connectivity index (χ3v) is 4.66. The summed E-state index contributed by atoms with van der Waals surface area (Å²) in [5, 5.41) is 6.99. The molecule has 7 nitrogen and oxygen atoms in total. The first kappa shape index (κ1) is 18.6. The highest BCUT2D eigenvalue weighted by Gasteiger charge is 2.18. The minimum absolute atomic E-state index is 0. The summed E-state index contributed by atoms with van der Waals surface area (Å²) in [5.74, 6) is 0. The van der Waals surface area contributed by atoms with Crippen LogP contribution < -0.4 is 10.0 Å². The normalized spacial score (nSPS) is 12.6. The lowest BCUT2D eigenvalue weighted by molar-refractivity contribution is 0.552. The lowest BCUT2D eigenvalue weighted by Gasteiger charge is -2.14. The van der Waals surface area contributed by atoms with Crippen LogP contribution in [0.2, 0.25) is 0 Å². The second kappa shape index (κ2) is 8.23. The van der Waals surface area contributed by atoms with Crippen molar-refractivity contribution in [3.05, 3.63) is 42.5 Å². The minimum atomic E-state index is -3.55. The molecule has 0 aliphatic carbocycles. The number of aromatic nitrogens is 3. The van der Waals surface area contributed by atoms with Gasteiger partial charge in [0.2, 0.25) is 10.0 Å². The maximum atomic E-state index is 12.4. The lowest BCUT2D eigenvalue weighted by Crippen LogP contribution is -2.37. The Bertz CT molecular complexity index is 675. The molecule has 0 bridgehead atoms. The predicted octanol–water partition coefficient (Wildman–Crippen LogP) is 0.634. The van der Waals surface area contributed by atoms with Gasteiger partial charge in [0, 0.05) is 12.6 Å². The highest BCUT2D eigenvalue weighted by atomic mass is 35.5. The average molecular weight is 346 g/mol. The number of nitrogens with one attached hydrogen (secondary N) is 2. The molecule has 0 aliphatic heterocycles. The van der Waals surface area contributed by atoms with Crippen LogP contribution in [0.4, 0.5) is 0 Å². The van der Waals surface area contributed by atoms with Gasteiger partial charge in [0.1, 0.15) is 12.7 Å². The zero-order chi connectivity index (χ0) is 15.3. The molecule has 2 N–H and O–H groups in total. The molecule has 0 saturated heterocycles. The Balaban J connectivity index is 0.00000242. The van der Waals surface area contributed by atoms with Crippen LogP contribution in [0.5, 0.6) is 0 Å². The molecule has 9 heteroatoms. The number of hydrogen-bond donors (Lipinski definition) is 2. The topological polar surface area (TPSA) is 88.9 Å². The number of likely N-dealkylation sites (N-methyl/N-ethyl adjacent to an activating group) is 1. The molecular formula is C13H20ClN5O2S. The van der Waals surface area contributed by atoms with Gasteiger partial charge in [0.05, 0.1) is 11.4 Å². The van der Waals surface area contributed by atoms with E-state index >= 15 is 0 Å². The zero-order valence-corrected chi connectivity index (χ0v) is 14.1. The summed E-state index contributed by atoms with van der Waals surface area (Å²) in [6, 6.07) is 6.95. The van der Waals surface area contributed by atoms with Crippen LogP contribution in [-0.4, -0.2) is 42.8 Å². The Morgan fingerprint density at radius 3 is 2.68 bits per heavy atom. The van der Waals surface area contributed by atoms with Crippen LogP contribution in [0.15, 0.2) is 41.8 Å². The summed E-state index contributed by atoms with van der Waals surface area (Å²) < 4.78 is 29.0. The highest BCUT2D eigenvalue weighted by Crippen LogP contribution is 2.16. The predicted molar refractivity (Wildman–Crippen MR) is 86.5 cm³/mol. The third-order valence-electron chi connectivity index (χ3n) is 3.13. The van der Waals surface area contributed by atoms with Crippen LogP contribution in [0.3, 0.4) is 0 Å². The fraction of sp³-hybridized carbons (Fsp3) is 0.385. The monoisotopic (exact) mass is 345 g/mol. The van der Waals surface area contributed by atoms with Crippen LogP contribution >= 0.6 is 12.4 Å². The van der Waals surface area contributed by atoms with Crippen molar-refractivity contribution in [2.45, 2.75) is 24.4 Å². The van der Waals surface area contributed by atoms with Gasteiger partial charge < -0.3 is 5.32 Å². The van der Waals surface area contributed by atoms with Gasteiger partial charge in [0.15, 0.2) is 0 Å². The number of nitrogens with zero attached hydrogens (tertiary/aromatic N) is 3. The molecular weight excluding hydrogens is 326 g/mol. The van der Waals surface area contributed by atoms with Gasteiger partial charge in [-0.15, -0.1) is 12.4 Å². The zero-order valence-electron chi connectivity index (χ0n) is 12.4. The van der Waals surface area contributed by atoms with E-state index in [1.54, 1.807) is 36.3 Å². The molecule has 1 atom stereocenters. The molecule has 2 aromatic rings. The average Bonchev–Trinajstić information content (AvgIpc) is 2.98. The van der Waals surface area contributed by atoms with Crippen molar-refractivity contribution >= 4 is 22.4 Å². The Labute approximate surface area is 136 Å². The molecule has 0 spiro atoms. The van der Waals surface area contributed by atoms with E-state index in [9.17, 15) is 8.42 Å². The van der Waals surface area contributed by atoms with Crippen LogP contribution in [-0.2, 0) is 16.6 Å². The van der Waals surface area contributed by atoms with Gasteiger partial charge in [-0.1, -0.05) is 18.2 Å². The number of halogens is 1. The van der Waals surface area contributed by atoms with Gasteiger partial charge in [-0.3, -0.25) is 0 Å². The first-order chi connectivity index (χ1) is 10.0. The van der Waals surface area contributed by atoms with E-state index < -0.39 is 10.0 Å². The first-order valence-electron chi connectivity index (χ1n) is 6.60.